The number of hydrogen-bond donors (Lipinski definition) is 4. The molecular formula is C26H37NO7S. The quantitative estimate of drug-likeness (QED) is 0.318. The standard InChI is InChI=1S/C26H37NO7S/c1-13(2)15-10-16-18(35-12-17(23(31)32)27-14(3)28)11-19-25(4,5)8-7-9-26(19,24(33)34-6)20(16)22(30)21(15)29/h10,13,17-19,29-30H,7-9,11-12H2,1-6H3,(H,27,28)(H,31,32)/t17-,18?,19-,26+/m0/s1. The molecule has 8 nitrogen and oxygen atoms in total. The lowest BCUT2D eigenvalue weighted by Crippen LogP contribution is -2.55. The first-order valence-corrected chi connectivity index (χ1v) is 13.1. The van der Waals surface area contributed by atoms with E-state index in [-0.39, 0.29) is 39.8 Å². The lowest BCUT2D eigenvalue weighted by Gasteiger charge is -2.55. The van der Waals surface area contributed by atoms with Crippen molar-refractivity contribution < 1.29 is 34.4 Å². The number of nitrogens with one attached hydrogen (secondary N) is 1. The zero-order valence-corrected chi connectivity index (χ0v) is 22.1. The van der Waals surface area contributed by atoms with E-state index in [1.165, 1.54) is 25.8 Å². The van der Waals surface area contributed by atoms with Crippen LogP contribution < -0.4 is 5.32 Å². The molecule has 4 N–H and O–H groups in total. The average molecular weight is 508 g/mol. The van der Waals surface area contributed by atoms with Gasteiger partial charge in [-0.15, -0.1) is 0 Å². The molecule has 0 radical (unpaired) electrons. The van der Waals surface area contributed by atoms with Crippen LogP contribution in [0.1, 0.15) is 88.2 Å². The maximum atomic E-state index is 13.5. The Morgan fingerprint density at radius 1 is 1.20 bits per heavy atom. The van der Waals surface area contributed by atoms with Crippen LogP contribution in [0.3, 0.4) is 0 Å². The van der Waals surface area contributed by atoms with Crippen molar-refractivity contribution in [3.8, 4) is 11.5 Å². The van der Waals surface area contributed by atoms with Crippen molar-refractivity contribution >= 4 is 29.6 Å². The molecule has 1 saturated carbocycles. The molecule has 0 spiro atoms. The average Bonchev–Trinajstić information content (AvgIpc) is 2.77. The van der Waals surface area contributed by atoms with Gasteiger partial charge in [0.1, 0.15) is 11.5 Å². The molecule has 3 rings (SSSR count). The van der Waals surface area contributed by atoms with Gasteiger partial charge >= 0.3 is 11.9 Å². The van der Waals surface area contributed by atoms with Crippen LogP contribution in [-0.4, -0.2) is 52.1 Å². The summed E-state index contributed by atoms with van der Waals surface area (Å²) in [4.78, 5) is 36.8. The number of methoxy groups -OCH3 is 1. The van der Waals surface area contributed by atoms with Gasteiger partial charge in [-0.1, -0.05) is 40.2 Å². The second-order valence-electron chi connectivity index (χ2n) is 10.8. The summed E-state index contributed by atoms with van der Waals surface area (Å²) in [5, 5.41) is 34.2. The normalized spacial score (nSPS) is 25.8. The van der Waals surface area contributed by atoms with Gasteiger partial charge in [0, 0.05) is 29.1 Å². The first-order chi connectivity index (χ1) is 16.3. The number of carbonyl (C=O) groups is 3. The number of hydrogen-bond acceptors (Lipinski definition) is 7. The predicted octanol–water partition coefficient (Wildman–Crippen LogP) is 4.23. The highest BCUT2D eigenvalue weighted by molar-refractivity contribution is 7.99. The van der Waals surface area contributed by atoms with Gasteiger partial charge in [-0.2, -0.15) is 11.8 Å². The van der Waals surface area contributed by atoms with E-state index in [1.54, 1.807) is 0 Å². The Morgan fingerprint density at radius 3 is 2.40 bits per heavy atom. The maximum absolute atomic E-state index is 13.5. The molecule has 194 valence electrons. The van der Waals surface area contributed by atoms with E-state index in [9.17, 15) is 29.7 Å². The Kier molecular flexibility index (Phi) is 7.70. The van der Waals surface area contributed by atoms with Crippen molar-refractivity contribution in [2.45, 2.75) is 82.9 Å². The molecule has 0 heterocycles. The van der Waals surface area contributed by atoms with Crippen molar-refractivity contribution in [2.75, 3.05) is 12.9 Å². The second-order valence-corrected chi connectivity index (χ2v) is 12.0. The number of fused-ring (bicyclic) bond motifs is 3. The molecule has 2 aliphatic carbocycles. The zero-order valence-electron chi connectivity index (χ0n) is 21.3. The summed E-state index contributed by atoms with van der Waals surface area (Å²) >= 11 is 1.39. The summed E-state index contributed by atoms with van der Waals surface area (Å²) in [5.41, 5.74) is 0.326. The topological polar surface area (TPSA) is 133 Å². The van der Waals surface area contributed by atoms with Gasteiger partial charge in [-0.3, -0.25) is 9.59 Å². The first-order valence-electron chi connectivity index (χ1n) is 12.1. The lowest BCUT2D eigenvalue weighted by atomic mass is 9.49. The number of amides is 1. The van der Waals surface area contributed by atoms with Gasteiger partial charge in [0.2, 0.25) is 5.91 Å². The summed E-state index contributed by atoms with van der Waals surface area (Å²) in [6.07, 6.45) is 2.74. The van der Waals surface area contributed by atoms with Gasteiger partial charge in [-0.25, -0.2) is 4.79 Å². The van der Waals surface area contributed by atoms with Crippen LogP contribution in [0.2, 0.25) is 0 Å². The number of benzene rings is 1. The number of aliphatic carboxylic acids is 1. The second kappa shape index (κ2) is 9.91. The van der Waals surface area contributed by atoms with Crippen molar-refractivity contribution in [3.63, 3.8) is 0 Å². The summed E-state index contributed by atoms with van der Waals surface area (Å²) in [6.45, 7) is 9.31. The van der Waals surface area contributed by atoms with Crippen molar-refractivity contribution in [1.29, 1.82) is 0 Å². The van der Waals surface area contributed by atoms with Gasteiger partial charge in [-0.05, 0) is 42.1 Å². The minimum absolute atomic E-state index is 0.0856. The number of aromatic hydroxyl groups is 2. The third kappa shape index (κ3) is 4.71. The van der Waals surface area contributed by atoms with E-state index in [1.807, 2.05) is 19.9 Å². The van der Waals surface area contributed by atoms with E-state index < -0.39 is 29.3 Å². The number of thioether (sulfide) groups is 1. The molecule has 35 heavy (non-hydrogen) atoms. The van der Waals surface area contributed by atoms with E-state index in [4.69, 9.17) is 4.74 Å². The lowest BCUT2D eigenvalue weighted by molar-refractivity contribution is -0.156. The number of esters is 1. The summed E-state index contributed by atoms with van der Waals surface area (Å²) < 4.78 is 5.32. The molecule has 0 saturated heterocycles. The summed E-state index contributed by atoms with van der Waals surface area (Å²) in [6, 6.07) is 0.784. The fourth-order valence-corrected chi connectivity index (χ4v) is 7.53. The van der Waals surface area contributed by atoms with E-state index in [2.05, 4.69) is 19.2 Å². The molecule has 1 amide bonds. The summed E-state index contributed by atoms with van der Waals surface area (Å²) in [5.74, 6) is -2.65. The van der Waals surface area contributed by atoms with Crippen LogP contribution in [0.4, 0.5) is 0 Å². The van der Waals surface area contributed by atoms with Crippen LogP contribution in [0.25, 0.3) is 0 Å². The number of phenols is 2. The number of carbonyl (C=O) groups excluding carboxylic acids is 2. The van der Waals surface area contributed by atoms with E-state index in [0.29, 0.717) is 24.0 Å². The Morgan fingerprint density at radius 2 is 1.86 bits per heavy atom. The number of phenolic OH excluding ortho intramolecular Hbond substituents is 2. The number of rotatable bonds is 7. The molecule has 4 atom stereocenters. The first kappa shape index (κ1) is 27.2. The SMILES string of the molecule is COC(=O)[C@]12CCCC(C)(C)[C@@H]1CC(SC[C@H](NC(C)=O)C(=O)O)c1cc(C(C)C)c(O)c(O)c12. The Hall–Kier alpha value is -2.42. The molecule has 1 aromatic carbocycles. The maximum Gasteiger partial charge on any atom is 0.327 e. The van der Waals surface area contributed by atoms with Gasteiger partial charge < -0.3 is 25.4 Å². The molecule has 1 unspecified atom stereocenters. The van der Waals surface area contributed by atoms with Crippen LogP contribution in [0, 0.1) is 11.3 Å². The van der Waals surface area contributed by atoms with E-state index >= 15 is 0 Å². The van der Waals surface area contributed by atoms with Crippen molar-refractivity contribution in [2.24, 2.45) is 11.3 Å². The molecular weight excluding hydrogens is 470 g/mol. The highest BCUT2D eigenvalue weighted by Gasteiger charge is 2.61. The van der Waals surface area contributed by atoms with Gasteiger partial charge in [0.05, 0.1) is 7.11 Å². The van der Waals surface area contributed by atoms with Gasteiger partial charge in [0.15, 0.2) is 11.5 Å². The Balaban J connectivity index is 2.22. The number of carboxylic acid groups (broad SMARTS) is 1. The predicted molar refractivity (Wildman–Crippen MR) is 134 cm³/mol. The molecule has 1 fully saturated rings. The van der Waals surface area contributed by atoms with Gasteiger partial charge in [0.25, 0.3) is 0 Å². The molecule has 9 heteroatoms. The number of carboxylic acids is 1. The minimum Gasteiger partial charge on any atom is -0.504 e. The highest BCUT2D eigenvalue weighted by Crippen LogP contribution is 2.64. The minimum atomic E-state index is -1.12. The fraction of sp³-hybridized carbons (Fsp3) is 0.654. The zero-order chi connectivity index (χ0) is 26.3. The highest BCUT2D eigenvalue weighted by atomic mass is 32.2. The molecule has 0 aromatic heterocycles. The molecule has 0 aliphatic heterocycles. The van der Waals surface area contributed by atoms with Crippen LogP contribution in [-0.2, 0) is 24.5 Å². The third-order valence-electron chi connectivity index (χ3n) is 7.82. The largest absolute Gasteiger partial charge is 0.504 e. The smallest absolute Gasteiger partial charge is 0.327 e. The Labute approximate surface area is 210 Å². The van der Waals surface area contributed by atoms with Crippen LogP contribution in [0.5, 0.6) is 11.5 Å². The van der Waals surface area contributed by atoms with Crippen LogP contribution >= 0.6 is 11.8 Å². The number of ether oxygens (including phenoxy) is 1. The molecule has 2 aliphatic rings. The monoisotopic (exact) mass is 507 g/mol. The van der Waals surface area contributed by atoms with E-state index in [0.717, 1.165) is 18.4 Å². The fourth-order valence-electron chi connectivity index (χ4n) is 6.18. The summed E-state index contributed by atoms with van der Waals surface area (Å²) in [7, 11) is 1.35. The molecule has 1 aromatic rings. The van der Waals surface area contributed by atoms with Crippen molar-refractivity contribution in [3.05, 3.63) is 22.8 Å². The van der Waals surface area contributed by atoms with Crippen LogP contribution in [0.15, 0.2) is 6.07 Å². The Bertz CT molecular complexity index is 1020. The third-order valence-corrected chi connectivity index (χ3v) is 9.19. The molecule has 0 bridgehead atoms. The van der Waals surface area contributed by atoms with Crippen molar-refractivity contribution in [1.82, 2.24) is 5.32 Å².